The zero-order chi connectivity index (χ0) is 18.4. The third-order valence-electron chi connectivity index (χ3n) is 5.04. The minimum atomic E-state index is -0.184. The summed E-state index contributed by atoms with van der Waals surface area (Å²) in [5, 5.41) is 0. The SMILES string of the molecule is CC(C)C1CN(CCC(=O)N(C)C)CCCN1Cc1ccc(F)cc1. The average molecular weight is 349 g/mol. The first-order chi connectivity index (χ1) is 11.9. The fraction of sp³-hybridized carbons (Fsp3) is 0.650. The fourth-order valence-electron chi connectivity index (χ4n) is 3.47. The molecule has 1 heterocycles. The number of rotatable bonds is 6. The highest BCUT2D eigenvalue weighted by Gasteiger charge is 2.27. The molecule has 1 amide bonds. The topological polar surface area (TPSA) is 26.8 Å². The standard InChI is InChI=1S/C20H32FN3O/c1-16(2)19-15-23(13-10-20(25)22(3)4)11-5-12-24(19)14-17-6-8-18(21)9-7-17/h6-9,16,19H,5,10-15H2,1-4H3. The van der Waals surface area contributed by atoms with Gasteiger partial charge in [0, 0.05) is 52.7 Å². The van der Waals surface area contributed by atoms with Gasteiger partial charge in [-0.2, -0.15) is 0 Å². The predicted octanol–water partition coefficient (Wildman–Crippen LogP) is 2.84. The third kappa shape index (κ3) is 6.08. The Hall–Kier alpha value is -1.46. The summed E-state index contributed by atoms with van der Waals surface area (Å²) in [5.41, 5.74) is 1.16. The van der Waals surface area contributed by atoms with Crippen molar-refractivity contribution < 1.29 is 9.18 Å². The number of carbonyl (C=O) groups is 1. The molecule has 0 N–H and O–H groups in total. The van der Waals surface area contributed by atoms with E-state index < -0.39 is 0 Å². The van der Waals surface area contributed by atoms with Crippen molar-refractivity contribution in [2.45, 2.75) is 39.3 Å². The van der Waals surface area contributed by atoms with Gasteiger partial charge in [-0.15, -0.1) is 0 Å². The molecule has 1 aliphatic rings. The highest BCUT2D eigenvalue weighted by molar-refractivity contribution is 5.75. The molecule has 1 fully saturated rings. The largest absolute Gasteiger partial charge is 0.349 e. The third-order valence-corrected chi connectivity index (χ3v) is 5.04. The zero-order valence-electron chi connectivity index (χ0n) is 16.0. The van der Waals surface area contributed by atoms with E-state index in [0.717, 1.165) is 44.7 Å². The average Bonchev–Trinajstić information content (AvgIpc) is 2.77. The first kappa shape index (κ1) is 19.9. The Morgan fingerprint density at radius 2 is 1.92 bits per heavy atom. The van der Waals surface area contributed by atoms with E-state index in [2.05, 4.69) is 23.6 Å². The Balaban J connectivity index is 1.99. The van der Waals surface area contributed by atoms with E-state index in [4.69, 9.17) is 0 Å². The lowest BCUT2D eigenvalue weighted by Crippen LogP contribution is -2.44. The van der Waals surface area contributed by atoms with E-state index in [1.165, 1.54) is 12.1 Å². The summed E-state index contributed by atoms with van der Waals surface area (Å²) in [6.07, 6.45) is 1.68. The van der Waals surface area contributed by atoms with Crippen LogP contribution in [-0.2, 0) is 11.3 Å². The summed E-state index contributed by atoms with van der Waals surface area (Å²) in [5.74, 6) is 0.538. The van der Waals surface area contributed by atoms with Crippen LogP contribution in [0.5, 0.6) is 0 Å². The number of carbonyl (C=O) groups excluding carboxylic acids is 1. The minimum Gasteiger partial charge on any atom is -0.349 e. The summed E-state index contributed by atoms with van der Waals surface area (Å²) < 4.78 is 13.1. The summed E-state index contributed by atoms with van der Waals surface area (Å²) in [7, 11) is 3.62. The maximum Gasteiger partial charge on any atom is 0.223 e. The second kappa shape index (κ2) is 9.30. The molecule has 0 spiro atoms. The second-order valence-corrected chi connectivity index (χ2v) is 7.60. The monoisotopic (exact) mass is 349 g/mol. The molecule has 1 aromatic rings. The Bertz CT molecular complexity index is 544. The van der Waals surface area contributed by atoms with E-state index in [9.17, 15) is 9.18 Å². The highest BCUT2D eigenvalue weighted by atomic mass is 19.1. The summed E-state index contributed by atoms with van der Waals surface area (Å²) in [6, 6.07) is 7.28. The number of hydrogen-bond acceptors (Lipinski definition) is 3. The molecule has 1 aliphatic heterocycles. The van der Waals surface area contributed by atoms with Gasteiger partial charge in [-0.25, -0.2) is 4.39 Å². The molecular formula is C20H32FN3O. The molecule has 0 saturated carbocycles. The molecule has 1 saturated heterocycles. The van der Waals surface area contributed by atoms with Crippen molar-refractivity contribution >= 4 is 5.91 Å². The summed E-state index contributed by atoms with van der Waals surface area (Å²) >= 11 is 0. The van der Waals surface area contributed by atoms with Gasteiger partial charge in [0.05, 0.1) is 0 Å². The summed E-state index contributed by atoms with van der Waals surface area (Å²) in [4.78, 5) is 18.5. The molecule has 1 aromatic carbocycles. The van der Waals surface area contributed by atoms with Gasteiger partial charge in [0.1, 0.15) is 5.82 Å². The van der Waals surface area contributed by atoms with Crippen molar-refractivity contribution in [3.8, 4) is 0 Å². The van der Waals surface area contributed by atoms with Crippen molar-refractivity contribution in [1.82, 2.24) is 14.7 Å². The molecule has 0 aliphatic carbocycles. The first-order valence-electron chi connectivity index (χ1n) is 9.28. The Morgan fingerprint density at radius 3 is 2.52 bits per heavy atom. The van der Waals surface area contributed by atoms with Crippen LogP contribution in [0.3, 0.4) is 0 Å². The molecule has 0 bridgehead atoms. The van der Waals surface area contributed by atoms with Crippen LogP contribution in [0, 0.1) is 11.7 Å². The van der Waals surface area contributed by atoms with E-state index >= 15 is 0 Å². The van der Waals surface area contributed by atoms with Gasteiger partial charge in [-0.3, -0.25) is 9.69 Å². The van der Waals surface area contributed by atoms with Crippen LogP contribution in [0.25, 0.3) is 0 Å². The van der Waals surface area contributed by atoms with E-state index in [0.29, 0.717) is 18.4 Å². The lowest BCUT2D eigenvalue weighted by Gasteiger charge is -2.34. The van der Waals surface area contributed by atoms with Crippen molar-refractivity contribution in [2.75, 3.05) is 40.3 Å². The number of amides is 1. The van der Waals surface area contributed by atoms with Crippen LogP contribution < -0.4 is 0 Å². The minimum absolute atomic E-state index is 0.184. The molecule has 2 rings (SSSR count). The molecule has 1 atom stereocenters. The van der Waals surface area contributed by atoms with Gasteiger partial charge in [-0.05, 0) is 36.6 Å². The molecule has 1 unspecified atom stereocenters. The van der Waals surface area contributed by atoms with Crippen LogP contribution in [0.1, 0.15) is 32.3 Å². The Morgan fingerprint density at radius 1 is 1.24 bits per heavy atom. The van der Waals surface area contributed by atoms with Crippen LogP contribution in [-0.4, -0.2) is 66.9 Å². The van der Waals surface area contributed by atoms with E-state index in [-0.39, 0.29) is 11.7 Å². The maximum atomic E-state index is 13.1. The Labute approximate surface area is 151 Å². The molecule has 4 nitrogen and oxygen atoms in total. The van der Waals surface area contributed by atoms with Gasteiger partial charge in [-0.1, -0.05) is 26.0 Å². The molecule has 25 heavy (non-hydrogen) atoms. The smallest absolute Gasteiger partial charge is 0.223 e. The van der Waals surface area contributed by atoms with Crippen LogP contribution in [0.4, 0.5) is 4.39 Å². The first-order valence-corrected chi connectivity index (χ1v) is 9.28. The molecule has 140 valence electrons. The van der Waals surface area contributed by atoms with Gasteiger partial charge in [0.2, 0.25) is 5.91 Å². The number of benzene rings is 1. The molecule has 0 radical (unpaired) electrons. The second-order valence-electron chi connectivity index (χ2n) is 7.60. The lowest BCUT2D eigenvalue weighted by atomic mass is 10.0. The molecule has 0 aromatic heterocycles. The normalized spacial score (nSPS) is 19.8. The lowest BCUT2D eigenvalue weighted by molar-refractivity contribution is -0.129. The number of halogens is 1. The van der Waals surface area contributed by atoms with Gasteiger partial charge < -0.3 is 9.80 Å². The highest BCUT2D eigenvalue weighted by Crippen LogP contribution is 2.20. The molecular weight excluding hydrogens is 317 g/mol. The summed E-state index contributed by atoms with van der Waals surface area (Å²) in [6.45, 7) is 9.26. The van der Waals surface area contributed by atoms with Crippen molar-refractivity contribution in [3.05, 3.63) is 35.6 Å². The Kier molecular flexibility index (Phi) is 7.38. The quantitative estimate of drug-likeness (QED) is 0.790. The van der Waals surface area contributed by atoms with E-state index in [1.807, 2.05) is 26.2 Å². The maximum absolute atomic E-state index is 13.1. The van der Waals surface area contributed by atoms with Crippen molar-refractivity contribution in [2.24, 2.45) is 5.92 Å². The van der Waals surface area contributed by atoms with Crippen LogP contribution in [0.15, 0.2) is 24.3 Å². The number of hydrogen-bond donors (Lipinski definition) is 0. The van der Waals surface area contributed by atoms with Crippen LogP contribution >= 0.6 is 0 Å². The van der Waals surface area contributed by atoms with E-state index in [1.54, 1.807) is 4.90 Å². The van der Waals surface area contributed by atoms with Gasteiger partial charge in [0.25, 0.3) is 0 Å². The van der Waals surface area contributed by atoms with Crippen LogP contribution in [0.2, 0.25) is 0 Å². The van der Waals surface area contributed by atoms with Gasteiger partial charge >= 0.3 is 0 Å². The van der Waals surface area contributed by atoms with Crippen molar-refractivity contribution in [1.29, 1.82) is 0 Å². The van der Waals surface area contributed by atoms with Crippen molar-refractivity contribution in [3.63, 3.8) is 0 Å². The zero-order valence-corrected chi connectivity index (χ0v) is 16.0. The number of nitrogens with zero attached hydrogens (tertiary/aromatic N) is 3. The predicted molar refractivity (Wildman–Crippen MR) is 99.8 cm³/mol. The molecule has 5 heteroatoms. The fourth-order valence-corrected chi connectivity index (χ4v) is 3.47. The van der Waals surface area contributed by atoms with Gasteiger partial charge in [0.15, 0.2) is 0 Å².